The van der Waals surface area contributed by atoms with Crippen molar-refractivity contribution in [2.75, 3.05) is 13.1 Å². The fourth-order valence-corrected chi connectivity index (χ4v) is 3.25. The molecule has 19 heavy (non-hydrogen) atoms. The van der Waals surface area contributed by atoms with Crippen LogP contribution in [0.1, 0.15) is 85.0 Å². The highest BCUT2D eigenvalue weighted by atomic mass is 15.1. The number of nitrogens with one attached hydrogen (secondary N) is 2. The molecule has 0 aromatic heterocycles. The predicted octanol–water partition coefficient (Wildman–Crippen LogP) is 4.25. The monoisotopic (exact) mass is 268 g/mol. The van der Waals surface area contributed by atoms with Gasteiger partial charge in [-0.1, -0.05) is 58.8 Å². The number of unbranched alkanes of at least 4 members (excludes halogenated alkanes) is 5. The van der Waals surface area contributed by atoms with Gasteiger partial charge in [0, 0.05) is 18.1 Å². The molecule has 0 spiro atoms. The van der Waals surface area contributed by atoms with Gasteiger partial charge in [0.15, 0.2) is 0 Å². The van der Waals surface area contributed by atoms with E-state index >= 15 is 0 Å². The molecular formula is C17H36N2. The zero-order chi connectivity index (χ0) is 14.0. The van der Waals surface area contributed by atoms with Crippen molar-refractivity contribution in [2.24, 2.45) is 0 Å². The van der Waals surface area contributed by atoms with Crippen LogP contribution < -0.4 is 10.6 Å². The summed E-state index contributed by atoms with van der Waals surface area (Å²) in [4.78, 5) is 0. The minimum atomic E-state index is 0.375. The minimum absolute atomic E-state index is 0.375. The van der Waals surface area contributed by atoms with Crippen molar-refractivity contribution in [3.8, 4) is 0 Å². The van der Waals surface area contributed by atoms with E-state index in [0.717, 1.165) is 0 Å². The van der Waals surface area contributed by atoms with Crippen LogP contribution in [0.15, 0.2) is 0 Å². The molecule has 1 aliphatic heterocycles. The third kappa shape index (κ3) is 7.31. The topological polar surface area (TPSA) is 24.1 Å². The van der Waals surface area contributed by atoms with Crippen LogP contribution in [0.25, 0.3) is 0 Å². The van der Waals surface area contributed by atoms with E-state index in [2.05, 4.69) is 31.4 Å². The van der Waals surface area contributed by atoms with E-state index in [1.807, 2.05) is 0 Å². The zero-order valence-corrected chi connectivity index (χ0v) is 13.6. The lowest BCUT2D eigenvalue weighted by Gasteiger charge is -2.34. The number of rotatable bonds is 11. The van der Waals surface area contributed by atoms with Crippen LogP contribution in [0, 0.1) is 0 Å². The maximum absolute atomic E-state index is 3.97. The summed E-state index contributed by atoms with van der Waals surface area (Å²) in [6.07, 6.45) is 13.6. The smallest absolute Gasteiger partial charge is 0.0209 e. The van der Waals surface area contributed by atoms with Crippen molar-refractivity contribution < 1.29 is 0 Å². The predicted molar refractivity (Wildman–Crippen MR) is 85.7 cm³/mol. The Kier molecular flexibility index (Phi) is 8.72. The molecule has 1 fully saturated rings. The molecule has 0 aliphatic carbocycles. The summed E-state index contributed by atoms with van der Waals surface area (Å²) < 4.78 is 0. The fraction of sp³-hybridized carbons (Fsp3) is 1.00. The molecular weight excluding hydrogens is 232 g/mol. The standard InChI is InChI=1S/C17H36N2/c1-4-6-8-10-13-17(3,12-9-7-5-2)19-16-11-14-18-15-16/h16,18-19H,4-15H2,1-3H3. The average molecular weight is 268 g/mol. The van der Waals surface area contributed by atoms with Gasteiger partial charge in [0.1, 0.15) is 0 Å². The first-order valence-electron chi connectivity index (χ1n) is 8.68. The number of hydrogen-bond acceptors (Lipinski definition) is 2. The van der Waals surface area contributed by atoms with Crippen molar-refractivity contribution in [3.63, 3.8) is 0 Å². The molecule has 1 saturated heterocycles. The molecule has 1 heterocycles. The lowest BCUT2D eigenvalue weighted by atomic mass is 9.87. The van der Waals surface area contributed by atoms with Crippen molar-refractivity contribution in [3.05, 3.63) is 0 Å². The Bertz CT molecular complexity index is 211. The van der Waals surface area contributed by atoms with Crippen molar-refractivity contribution in [1.82, 2.24) is 10.6 Å². The van der Waals surface area contributed by atoms with Gasteiger partial charge in [0.2, 0.25) is 0 Å². The van der Waals surface area contributed by atoms with E-state index in [1.54, 1.807) is 0 Å². The van der Waals surface area contributed by atoms with E-state index in [0.29, 0.717) is 11.6 Å². The van der Waals surface area contributed by atoms with Gasteiger partial charge in [-0.3, -0.25) is 0 Å². The van der Waals surface area contributed by atoms with Crippen LogP contribution >= 0.6 is 0 Å². The van der Waals surface area contributed by atoms with Gasteiger partial charge in [0.05, 0.1) is 0 Å². The summed E-state index contributed by atoms with van der Waals surface area (Å²) in [6, 6.07) is 0.706. The third-order valence-corrected chi connectivity index (χ3v) is 4.53. The second-order valence-electron chi connectivity index (χ2n) is 6.66. The normalized spacial score (nSPS) is 22.6. The fourth-order valence-electron chi connectivity index (χ4n) is 3.25. The van der Waals surface area contributed by atoms with Gasteiger partial charge in [-0.2, -0.15) is 0 Å². The second-order valence-corrected chi connectivity index (χ2v) is 6.66. The van der Waals surface area contributed by atoms with E-state index in [1.165, 1.54) is 77.3 Å². The molecule has 0 bridgehead atoms. The van der Waals surface area contributed by atoms with E-state index in [-0.39, 0.29) is 0 Å². The first-order valence-corrected chi connectivity index (χ1v) is 8.68. The number of hydrogen-bond donors (Lipinski definition) is 2. The van der Waals surface area contributed by atoms with Gasteiger partial charge in [-0.25, -0.2) is 0 Å². The maximum Gasteiger partial charge on any atom is 0.0209 e. The average Bonchev–Trinajstić information content (AvgIpc) is 2.88. The zero-order valence-electron chi connectivity index (χ0n) is 13.6. The molecule has 2 N–H and O–H groups in total. The molecule has 0 saturated carbocycles. The minimum Gasteiger partial charge on any atom is -0.315 e. The summed E-state index contributed by atoms with van der Waals surface area (Å²) in [5.41, 5.74) is 0.375. The van der Waals surface area contributed by atoms with E-state index in [9.17, 15) is 0 Å². The second kappa shape index (κ2) is 9.77. The molecule has 1 rings (SSSR count). The Morgan fingerprint density at radius 3 is 2.21 bits per heavy atom. The van der Waals surface area contributed by atoms with Gasteiger partial charge in [0.25, 0.3) is 0 Å². The molecule has 0 amide bonds. The van der Waals surface area contributed by atoms with Gasteiger partial charge >= 0.3 is 0 Å². The first kappa shape index (κ1) is 17.0. The Morgan fingerprint density at radius 2 is 1.63 bits per heavy atom. The highest BCUT2D eigenvalue weighted by molar-refractivity contribution is 4.89. The van der Waals surface area contributed by atoms with Crippen LogP contribution in [-0.4, -0.2) is 24.7 Å². The quantitative estimate of drug-likeness (QED) is 0.547. The Labute approximate surface area is 121 Å². The van der Waals surface area contributed by atoms with Crippen LogP contribution in [0.4, 0.5) is 0 Å². The molecule has 114 valence electrons. The molecule has 1 aliphatic rings. The molecule has 2 unspecified atom stereocenters. The van der Waals surface area contributed by atoms with E-state index in [4.69, 9.17) is 0 Å². The van der Waals surface area contributed by atoms with Gasteiger partial charge in [-0.15, -0.1) is 0 Å². The molecule has 2 nitrogen and oxygen atoms in total. The van der Waals surface area contributed by atoms with Crippen molar-refractivity contribution in [1.29, 1.82) is 0 Å². The molecule has 0 aromatic rings. The Hall–Kier alpha value is -0.0800. The van der Waals surface area contributed by atoms with Crippen LogP contribution in [-0.2, 0) is 0 Å². The highest BCUT2D eigenvalue weighted by Crippen LogP contribution is 2.24. The van der Waals surface area contributed by atoms with Crippen LogP contribution in [0.2, 0.25) is 0 Å². The Balaban J connectivity index is 2.35. The van der Waals surface area contributed by atoms with Crippen LogP contribution in [0.5, 0.6) is 0 Å². The summed E-state index contributed by atoms with van der Waals surface area (Å²) in [7, 11) is 0. The highest BCUT2D eigenvalue weighted by Gasteiger charge is 2.27. The van der Waals surface area contributed by atoms with Gasteiger partial charge in [-0.05, 0) is 32.7 Å². The first-order chi connectivity index (χ1) is 9.20. The summed E-state index contributed by atoms with van der Waals surface area (Å²) in [5.74, 6) is 0. The molecule has 0 aromatic carbocycles. The summed E-state index contributed by atoms with van der Waals surface area (Å²) >= 11 is 0. The van der Waals surface area contributed by atoms with Crippen molar-refractivity contribution >= 4 is 0 Å². The Morgan fingerprint density at radius 1 is 1.00 bits per heavy atom. The lowest BCUT2D eigenvalue weighted by molar-refractivity contribution is 0.261. The SMILES string of the molecule is CCCCCCC(C)(CCCCC)NC1CCNC1. The summed E-state index contributed by atoms with van der Waals surface area (Å²) in [6.45, 7) is 9.42. The van der Waals surface area contributed by atoms with E-state index < -0.39 is 0 Å². The lowest BCUT2D eigenvalue weighted by Crippen LogP contribution is -2.49. The van der Waals surface area contributed by atoms with Gasteiger partial charge < -0.3 is 10.6 Å². The third-order valence-electron chi connectivity index (χ3n) is 4.53. The van der Waals surface area contributed by atoms with Crippen LogP contribution in [0.3, 0.4) is 0 Å². The molecule has 2 atom stereocenters. The van der Waals surface area contributed by atoms with Crippen molar-refractivity contribution in [2.45, 2.75) is 96.6 Å². The maximum atomic E-state index is 3.97. The molecule has 2 heteroatoms. The molecule has 0 radical (unpaired) electrons. The summed E-state index contributed by atoms with van der Waals surface area (Å²) in [5, 5.41) is 7.44. The largest absolute Gasteiger partial charge is 0.315 e.